The van der Waals surface area contributed by atoms with Gasteiger partial charge in [0.15, 0.2) is 0 Å². The van der Waals surface area contributed by atoms with Crippen molar-refractivity contribution < 1.29 is 9.59 Å². The zero-order valence-corrected chi connectivity index (χ0v) is 11.1. The molecule has 5 nitrogen and oxygen atoms in total. The van der Waals surface area contributed by atoms with Crippen LogP contribution in [-0.2, 0) is 4.79 Å². The molecule has 18 heavy (non-hydrogen) atoms. The Balaban J connectivity index is 2.69. The third-order valence-electron chi connectivity index (χ3n) is 2.83. The third kappa shape index (κ3) is 3.48. The van der Waals surface area contributed by atoms with E-state index < -0.39 is 12.1 Å². The van der Waals surface area contributed by atoms with Gasteiger partial charge in [-0.25, -0.2) is 4.79 Å². The summed E-state index contributed by atoms with van der Waals surface area (Å²) in [5, 5.41) is 7.66. The molecule has 0 saturated carbocycles. The first-order valence-electron chi connectivity index (χ1n) is 5.81. The van der Waals surface area contributed by atoms with Crippen LogP contribution in [0.15, 0.2) is 18.2 Å². The summed E-state index contributed by atoms with van der Waals surface area (Å²) in [6.07, 6.45) is 0. The summed E-state index contributed by atoms with van der Waals surface area (Å²) in [6.45, 7) is 5.71. The molecule has 1 unspecified atom stereocenters. The van der Waals surface area contributed by atoms with Gasteiger partial charge in [0.1, 0.15) is 6.04 Å². The Labute approximate surface area is 107 Å². The summed E-state index contributed by atoms with van der Waals surface area (Å²) >= 11 is 0. The van der Waals surface area contributed by atoms with Gasteiger partial charge in [0.05, 0.1) is 0 Å². The zero-order chi connectivity index (χ0) is 13.7. The number of anilines is 1. The maximum Gasteiger partial charge on any atom is 0.321 e. The van der Waals surface area contributed by atoms with Crippen LogP contribution < -0.4 is 16.0 Å². The van der Waals surface area contributed by atoms with E-state index in [-0.39, 0.29) is 5.91 Å². The second kappa shape index (κ2) is 6.05. The predicted octanol–water partition coefficient (Wildman–Crippen LogP) is 1.56. The fraction of sp³-hybridized carbons (Fsp3) is 0.385. The molecule has 1 aromatic rings. The molecule has 1 atom stereocenters. The molecule has 3 N–H and O–H groups in total. The molecule has 0 heterocycles. The number of hydrogen-bond acceptors (Lipinski definition) is 3. The monoisotopic (exact) mass is 249 g/mol. The first-order valence-corrected chi connectivity index (χ1v) is 5.81. The summed E-state index contributed by atoms with van der Waals surface area (Å²) in [6, 6.07) is 4.85. The van der Waals surface area contributed by atoms with Gasteiger partial charge in [-0.15, -0.1) is 0 Å². The molecule has 0 aliphatic rings. The maximum atomic E-state index is 11.7. The van der Waals surface area contributed by atoms with E-state index >= 15 is 0 Å². The van der Waals surface area contributed by atoms with Crippen LogP contribution in [0.5, 0.6) is 0 Å². The minimum atomic E-state index is -0.505. The fourth-order valence-corrected chi connectivity index (χ4v) is 1.49. The molecule has 0 aromatic heterocycles. The first kappa shape index (κ1) is 14.0. The molecule has 1 aromatic carbocycles. The quantitative estimate of drug-likeness (QED) is 0.761. The number of benzene rings is 1. The lowest BCUT2D eigenvalue weighted by molar-refractivity contribution is -0.120. The number of carbonyl (C=O) groups is 2. The molecule has 5 heteroatoms. The van der Waals surface area contributed by atoms with E-state index in [9.17, 15) is 9.59 Å². The minimum absolute atomic E-state index is 0.366. The van der Waals surface area contributed by atoms with Crippen molar-refractivity contribution in [3.63, 3.8) is 0 Å². The van der Waals surface area contributed by atoms with E-state index in [2.05, 4.69) is 16.0 Å². The molecule has 0 bridgehead atoms. The van der Waals surface area contributed by atoms with Crippen molar-refractivity contribution in [3.8, 4) is 0 Å². The molecule has 0 spiro atoms. The SMILES string of the molecule is CNC(=O)NC(=O)C(C)Nc1cccc(C)c1C. The van der Waals surface area contributed by atoms with Crippen LogP contribution >= 0.6 is 0 Å². The highest BCUT2D eigenvalue weighted by Gasteiger charge is 2.15. The second-order valence-electron chi connectivity index (χ2n) is 4.18. The molecule has 0 saturated heterocycles. The van der Waals surface area contributed by atoms with Crippen molar-refractivity contribution in [1.29, 1.82) is 0 Å². The highest BCUT2D eigenvalue weighted by Crippen LogP contribution is 2.18. The van der Waals surface area contributed by atoms with Crippen LogP contribution in [0.3, 0.4) is 0 Å². The summed E-state index contributed by atoms with van der Waals surface area (Å²) in [5.74, 6) is -0.366. The van der Waals surface area contributed by atoms with Gasteiger partial charge in [-0.05, 0) is 38.0 Å². The number of urea groups is 1. The summed E-state index contributed by atoms with van der Waals surface area (Å²) in [7, 11) is 1.46. The Bertz CT molecular complexity index is 458. The van der Waals surface area contributed by atoms with Crippen LogP contribution in [0.2, 0.25) is 0 Å². The minimum Gasteiger partial charge on any atom is -0.374 e. The lowest BCUT2D eigenvalue weighted by Gasteiger charge is -2.17. The van der Waals surface area contributed by atoms with Gasteiger partial charge in [-0.1, -0.05) is 12.1 Å². The number of hydrogen-bond donors (Lipinski definition) is 3. The Hall–Kier alpha value is -2.04. The molecule has 0 fully saturated rings. The highest BCUT2D eigenvalue weighted by molar-refractivity contribution is 5.97. The molecular formula is C13H19N3O2. The topological polar surface area (TPSA) is 70.2 Å². The average molecular weight is 249 g/mol. The highest BCUT2D eigenvalue weighted by atomic mass is 16.2. The maximum absolute atomic E-state index is 11.7. The third-order valence-corrected chi connectivity index (χ3v) is 2.83. The van der Waals surface area contributed by atoms with Crippen molar-refractivity contribution in [2.24, 2.45) is 0 Å². The van der Waals surface area contributed by atoms with E-state index in [0.29, 0.717) is 0 Å². The average Bonchev–Trinajstić information content (AvgIpc) is 2.34. The van der Waals surface area contributed by atoms with Gasteiger partial charge >= 0.3 is 6.03 Å². The molecule has 0 aliphatic heterocycles. The number of rotatable bonds is 3. The van der Waals surface area contributed by atoms with E-state index in [0.717, 1.165) is 16.8 Å². The van der Waals surface area contributed by atoms with Crippen LogP contribution in [-0.4, -0.2) is 25.0 Å². The molecule has 3 amide bonds. The lowest BCUT2D eigenvalue weighted by Crippen LogP contribution is -2.44. The fourth-order valence-electron chi connectivity index (χ4n) is 1.49. The van der Waals surface area contributed by atoms with Crippen LogP contribution in [0, 0.1) is 13.8 Å². The Morgan fingerprint density at radius 3 is 2.50 bits per heavy atom. The van der Waals surface area contributed by atoms with Crippen molar-refractivity contribution >= 4 is 17.6 Å². The smallest absolute Gasteiger partial charge is 0.321 e. The van der Waals surface area contributed by atoms with Crippen molar-refractivity contribution in [3.05, 3.63) is 29.3 Å². The number of imide groups is 1. The summed E-state index contributed by atoms with van der Waals surface area (Å²) < 4.78 is 0. The predicted molar refractivity (Wildman–Crippen MR) is 71.6 cm³/mol. The van der Waals surface area contributed by atoms with Gasteiger partial charge in [0.2, 0.25) is 5.91 Å². The van der Waals surface area contributed by atoms with Crippen LogP contribution in [0.4, 0.5) is 10.5 Å². The number of amides is 3. The molecule has 1 rings (SSSR count). The number of aryl methyl sites for hydroxylation is 1. The van der Waals surface area contributed by atoms with Gasteiger partial charge in [0, 0.05) is 12.7 Å². The van der Waals surface area contributed by atoms with E-state index in [1.54, 1.807) is 6.92 Å². The van der Waals surface area contributed by atoms with E-state index in [1.807, 2.05) is 32.0 Å². The van der Waals surface area contributed by atoms with Gasteiger partial charge < -0.3 is 10.6 Å². The Morgan fingerprint density at radius 1 is 1.22 bits per heavy atom. The first-order chi connectivity index (χ1) is 8.45. The zero-order valence-electron chi connectivity index (χ0n) is 11.1. The van der Waals surface area contributed by atoms with Gasteiger partial charge in [-0.2, -0.15) is 0 Å². The van der Waals surface area contributed by atoms with E-state index in [1.165, 1.54) is 7.05 Å². The molecule has 0 aliphatic carbocycles. The van der Waals surface area contributed by atoms with Crippen LogP contribution in [0.25, 0.3) is 0 Å². The normalized spacial score (nSPS) is 11.6. The van der Waals surface area contributed by atoms with Gasteiger partial charge in [-0.3, -0.25) is 10.1 Å². The molecule has 98 valence electrons. The Kier molecular flexibility index (Phi) is 4.71. The van der Waals surface area contributed by atoms with Gasteiger partial charge in [0.25, 0.3) is 0 Å². The summed E-state index contributed by atoms with van der Waals surface area (Å²) in [5.41, 5.74) is 3.14. The van der Waals surface area contributed by atoms with Crippen LogP contribution in [0.1, 0.15) is 18.1 Å². The molecular weight excluding hydrogens is 230 g/mol. The largest absolute Gasteiger partial charge is 0.374 e. The number of nitrogens with one attached hydrogen (secondary N) is 3. The van der Waals surface area contributed by atoms with Crippen molar-refractivity contribution in [2.75, 3.05) is 12.4 Å². The number of carbonyl (C=O) groups excluding carboxylic acids is 2. The lowest BCUT2D eigenvalue weighted by atomic mass is 10.1. The molecule has 0 radical (unpaired) electrons. The Morgan fingerprint density at radius 2 is 1.89 bits per heavy atom. The van der Waals surface area contributed by atoms with Crippen molar-refractivity contribution in [2.45, 2.75) is 26.8 Å². The van der Waals surface area contributed by atoms with E-state index in [4.69, 9.17) is 0 Å². The second-order valence-corrected chi connectivity index (χ2v) is 4.18. The van der Waals surface area contributed by atoms with Crippen molar-refractivity contribution in [1.82, 2.24) is 10.6 Å². The standard InChI is InChI=1S/C13H19N3O2/c1-8-6-5-7-11(9(8)2)15-10(3)12(17)16-13(18)14-4/h5-7,10,15H,1-4H3,(H2,14,16,17,18). The summed E-state index contributed by atoms with van der Waals surface area (Å²) in [4.78, 5) is 22.7.